The fourth-order valence-electron chi connectivity index (χ4n) is 8.53. The Balaban J connectivity index is 1.57. The number of hydrogen-bond donors (Lipinski definition) is 0. The molecule has 0 radical (unpaired) electrons. The summed E-state index contributed by atoms with van der Waals surface area (Å²) in [5.41, 5.74) is 12.0. The van der Waals surface area contributed by atoms with E-state index < -0.39 is 5.60 Å². The van der Waals surface area contributed by atoms with Crippen LogP contribution in [0.1, 0.15) is 159 Å². The molecule has 5 nitrogen and oxygen atoms in total. The predicted molar refractivity (Wildman–Crippen MR) is 243 cm³/mol. The standard InChI is InChI=1S/C50H68O5P2/c1-31-37(47(3,4)5)29-38(48(6,7)8)45(54-56-52-40-27-19-23-33-21-15-17-25-35(33)40)43(31)44-32(2)42(51-50(12,13)14)30-39(49(9,10)11)46(44)55-57-53-41-28-20-24-34-22-16-18-26-36(34)41/h19-20,23-24,27-30,56-57H,15-18,21-22,25-26H2,1-14H3. The van der Waals surface area contributed by atoms with Crippen molar-refractivity contribution in [2.75, 3.05) is 0 Å². The van der Waals surface area contributed by atoms with Crippen molar-refractivity contribution in [1.29, 1.82) is 0 Å². The molecule has 0 heterocycles. The van der Waals surface area contributed by atoms with E-state index in [9.17, 15) is 0 Å². The lowest BCUT2D eigenvalue weighted by molar-refractivity contribution is 0.129. The fourth-order valence-corrected chi connectivity index (χ4v) is 9.77. The second-order valence-electron chi connectivity index (χ2n) is 20.3. The highest BCUT2D eigenvalue weighted by molar-refractivity contribution is 7.27. The largest absolute Gasteiger partial charge is 0.488 e. The summed E-state index contributed by atoms with van der Waals surface area (Å²) in [5.74, 6) is 4.35. The highest BCUT2D eigenvalue weighted by atomic mass is 31.1. The molecule has 2 atom stereocenters. The Morgan fingerprint density at radius 2 is 0.877 bits per heavy atom. The molecule has 0 spiro atoms. The molecule has 0 amide bonds. The first kappa shape index (κ1) is 43.3. The van der Waals surface area contributed by atoms with Crippen molar-refractivity contribution in [2.45, 2.75) is 170 Å². The summed E-state index contributed by atoms with van der Waals surface area (Å²) in [6, 6.07) is 17.5. The van der Waals surface area contributed by atoms with Crippen LogP contribution in [-0.4, -0.2) is 5.60 Å². The smallest absolute Gasteiger partial charge is 0.275 e. The molecule has 308 valence electrons. The predicted octanol–water partition coefficient (Wildman–Crippen LogP) is 14.7. The van der Waals surface area contributed by atoms with Crippen LogP contribution in [0.5, 0.6) is 28.7 Å². The van der Waals surface area contributed by atoms with E-state index in [0.717, 1.165) is 87.8 Å². The summed E-state index contributed by atoms with van der Waals surface area (Å²) < 4.78 is 34.2. The molecule has 0 aliphatic heterocycles. The van der Waals surface area contributed by atoms with Gasteiger partial charge in [-0.2, -0.15) is 0 Å². The molecule has 2 unspecified atom stereocenters. The maximum Gasteiger partial charge on any atom is 0.275 e. The molecule has 57 heavy (non-hydrogen) atoms. The average molecular weight is 811 g/mol. The maximum absolute atomic E-state index is 7.09. The summed E-state index contributed by atoms with van der Waals surface area (Å²) in [5, 5.41) is 0. The van der Waals surface area contributed by atoms with Gasteiger partial charge < -0.3 is 22.8 Å². The van der Waals surface area contributed by atoms with Crippen LogP contribution in [0.25, 0.3) is 11.1 Å². The lowest BCUT2D eigenvalue weighted by Gasteiger charge is -2.34. The zero-order valence-corrected chi connectivity index (χ0v) is 39.3. The highest BCUT2D eigenvalue weighted by Crippen LogP contribution is 2.55. The first-order chi connectivity index (χ1) is 26.6. The third-order valence-electron chi connectivity index (χ3n) is 11.4. The number of hydrogen-bond acceptors (Lipinski definition) is 5. The SMILES string of the molecule is Cc1c(OC(C)(C)C)cc(C(C)(C)C)c(OPOc2cccc3c2CCCC3)c1-c1c(C)c(C(C)(C)C)cc(C(C)(C)C)c1OPOc1cccc2c1CCCC2. The van der Waals surface area contributed by atoms with Crippen LogP contribution in [0.3, 0.4) is 0 Å². The second-order valence-corrected chi connectivity index (χ2v) is 21.4. The number of fused-ring (bicyclic) bond motifs is 2. The molecule has 0 aromatic heterocycles. The van der Waals surface area contributed by atoms with Crippen LogP contribution in [0.2, 0.25) is 0 Å². The van der Waals surface area contributed by atoms with Crippen LogP contribution in [0, 0.1) is 13.8 Å². The van der Waals surface area contributed by atoms with Crippen molar-refractivity contribution in [1.82, 2.24) is 0 Å². The van der Waals surface area contributed by atoms with Crippen LogP contribution in [-0.2, 0) is 41.9 Å². The lowest BCUT2D eigenvalue weighted by atomic mass is 9.74. The zero-order valence-electron chi connectivity index (χ0n) is 37.3. The quantitative estimate of drug-likeness (QED) is 0.149. The second kappa shape index (κ2) is 16.8. The van der Waals surface area contributed by atoms with Crippen molar-refractivity contribution in [3.05, 3.63) is 98.6 Å². The topological polar surface area (TPSA) is 46.2 Å². The Kier molecular flexibility index (Phi) is 12.8. The summed E-state index contributed by atoms with van der Waals surface area (Å²) in [6.07, 6.45) is 9.10. The third-order valence-corrected chi connectivity index (χ3v) is 12.6. The molecule has 6 rings (SSSR count). The summed E-state index contributed by atoms with van der Waals surface area (Å²) in [6.45, 7) is 31.2. The van der Waals surface area contributed by atoms with Gasteiger partial charge in [0.2, 0.25) is 0 Å². The van der Waals surface area contributed by atoms with Gasteiger partial charge in [-0.1, -0.05) is 92.6 Å². The zero-order chi connectivity index (χ0) is 41.5. The van der Waals surface area contributed by atoms with Crippen molar-refractivity contribution in [3.8, 4) is 39.9 Å². The fraction of sp³-hybridized carbons (Fsp3) is 0.520. The molecule has 4 aromatic carbocycles. The minimum atomic E-state index is -0.418. The van der Waals surface area contributed by atoms with Crippen molar-refractivity contribution < 1.29 is 22.8 Å². The van der Waals surface area contributed by atoms with Gasteiger partial charge in [-0.25, -0.2) is 0 Å². The Morgan fingerprint density at radius 3 is 1.32 bits per heavy atom. The average Bonchev–Trinajstić information content (AvgIpc) is 3.11. The Bertz CT molecular complexity index is 2090. The summed E-state index contributed by atoms with van der Waals surface area (Å²) in [4.78, 5) is 0. The Hall–Kier alpha value is -3.26. The molecule has 0 saturated heterocycles. The molecule has 7 heteroatoms. The van der Waals surface area contributed by atoms with E-state index in [1.54, 1.807) is 0 Å². The van der Waals surface area contributed by atoms with E-state index in [0.29, 0.717) is 0 Å². The third kappa shape index (κ3) is 9.79. The number of ether oxygens (including phenoxy) is 1. The Labute approximate surface area is 348 Å². The number of rotatable bonds is 10. The minimum Gasteiger partial charge on any atom is -0.488 e. The molecule has 2 aliphatic rings. The highest BCUT2D eigenvalue weighted by Gasteiger charge is 2.35. The lowest BCUT2D eigenvalue weighted by Crippen LogP contribution is -2.24. The van der Waals surface area contributed by atoms with Gasteiger partial charge in [0, 0.05) is 27.8 Å². The van der Waals surface area contributed by atoms with Gasteiger partial charge in [0.25, 0.3) is 18.1 Å². The molecule has 4 aromatic rings. The molecule has 0 bridgehead atoms. The van der Waals surface area contributed by atoms with Gasteiger partial charge in [0.1, 0.15) is 34.3 Å². The monoisotopic (exact) mass is 810 g/mol. The summed E-state index contributed by atoms with van der Waals surface area (Å²) in [7, 11) is -0.483. The van der Waals surface area contributed by atoms with E-state index in [-0.39, 0.29) is 34.3 Å². The van der Waals surface area contributed by atoms with Gasteiger partial charge in [0.05, 0.1) is 0 Å². The van der Waals surface area contributed by atoms with Crippen molar-refractivity contribution in [2.24, 2.45) is 0 Å². The van der Waals surface area contributed by atoms with Gasteiger partial charge in [-0.3, -0.25) is 0 Å². The maximum atomic E-state index is 7.09. The number of aryl methyl sites for hydroxylation is 2. The van der Waals surface area contributed by atoms with Crippen LogP contribution >= 0.6 is 18.1 Å². The van der Waals surface area contributed by atoms with Gasteiger partial charge in [0.15, 0.2) is 0 Å². The molecule has 0 fully saturated rings. The molecular formula is C50H68O5P2. The molecule has 0 saturated carbocycles. The van der Waals surface area contributed by atoms with Gasteiger partial charge in [-0.05, 0) is 154 Å². The van der Waals surface area contributed by atoms with E-state index in [2.05, 4.69) is 145 Å². The van der Waals surface area contributed by atoms with Crippen LogP contribution in [0.4, 0.5) is 0 Å². The van der Waals surface area contributed by atoms with E-state index >= 15 is 0 Å². The van der Waals surface area contributed by atoms with Gasteiger partial charge >= 0.3 is 0 Å². The van der Waals surface area contributed by atoms with E-state index in [4.69, 9.17) is 22.8 Å². The van der Waals surface area contributed by atoms with Crippen molar-refractivity contribution in [3.63, 3.8) is 0 Å². The van der Waals surface area contributed by atoms with E-state index in [1.165, 1.54) is 53.5 Å². The normalized spacial score (nSPS) is 15.2. The molecule has 2 aliphatic carbocycles. The number of benzene rings is 4. The first-order valence-corrected chi connectivity index (χ1v) is 22.7. The molecular weight excluding hydrogens is 742 g/mol. The van der Waals surface area contributed by atoms with E-state index in [1.807, 2.05) is 0 Å². The van der Waals surface area contributed by atoms with Crippen molar-refractivity contribution >= 4 is 18.1 Å². The van der Waals surface area contributed by atoms with Crippen LogP contribution in [0.15, 0.2) is 48.5 Å². The summed E-state index contributed by atoms with van der Waals surface area (Å²) >= 11 is 0. The minimum absolute atomic E-state index is 0.141. The Morgan fingerprint density at radius 1 is 0.456 bits per heavy atom. The van der Waals surface area contributed by atoms with Crippen LogP contribution < -0.4 is 22.8 Å². The first-order valence-electron chi connectivity index (χ1n) is 21.1. The van der Waals surface area contributed by atoms with Gasteiger partial charge in [-0.15, -0.1) is 0 Å². The molecule has 0 N–H and O–H groups in total.